The number of hydrogen-bond acceptors (Lipinski definition) is 10. The van der Waals surface area contributed by atoms with Crippen LogP contribution < -0.4 is 14.4 Å². The molecule has 0 spiro atoms. The standard InChI is InChI=1S/C48H58F2N6O5Si/c1-12-32-34(49)18-16-29-14-13-15-33(36(29)32)39-38(50)40-37-42(55-24-31-17-19-35(41(55)28(3)60-43(37)51-39)56(31)45(57)61-46(4,5)6)53-44(52-40)58-26-48-22-27(2)23-54(48)21-20-30(48)25-59-62(10,11)47(7,8)9/h1,13-16,18,28,30-31,35,41H,2,17,19-26H2,3-11H3/t28-,30?,31+,35-,41+,48?/m0/s1. The number of ether oxygens (including phenoxy) is 3. The summed E-state index contributed by atoms with van der Waals surface area (Å²) in [6.07, 6.45) is 8.13. The number of nitrogens with zero attached hydrogens (tertiary/aromatic N) is 6. The van der Waals surface area contributed by atoms with E-state index in [0.717, 1.165) is 44.3 Å². The molecule has 14 heteroatoms. The Morgan fingerprint density at radius 3 is 2.56 bits per heavy atom. The molecule has 0 saturated carbocycles. The summed E-state index contributed by atoms with van der Waals surface area (Å²) in [6.45, 7) is 26.1. The molecule has 328 valence electrons. The van der Waals surface area contributed by atoms with Crippen molar-refractivity contribution in [1.82, 2.24) is 24.8 Å². The Hall–Kier alpha value is -4.84. The van der Waals surface area contributed by atoms with E-state index in [1.807, 2.05) is 32.6 Å². The van der Waals surface area contributed by atoms with E-state index in [0.29, 0.717) is 40.7 Å². The minimum atomic E-state index is -2.05. The van der Waals surface area contributed by atoms with Crippen LogP contribution in [0, 0.1) is 29.9 Å². The maximum atomic E-state index is 17.7. The van der Waals surface area contributed by atoms with Crippen LogP contribution >= 0.6 is 0 Å². The highest BCUT2D eigenvalue weighted by molar-refractivity contribution is 6.74. The monoisotopic (exact) mass is 864 g/mol. The number of carbonyl (C=O) groups excluding carboxylic acids is 1. The molecule has 2 bridgehead atoms. The third kappa shape index (κ3) is 6.90. The first-order chi connectivity index (χ1) is 29.2. The lowest BCUT2D eigenvalue weighted by molar-refractivity contribution is 0.000930. The van der Waals surface area contributed by atoms with E-state index in [1.165, 1.54) is 6.07 Å². The van der Waals surface area contributed by atoms with Gasteiger partial charge < -0.3 is 23.5 Å². The van der Waals surface area contributed by atoms with Gasteiger partial charge in [0.25, 0.3) is 0 Å². The van der Waals surface area contributed by atoms with Gasteiger partial charge in [-0.05, 0) is 89.5 Å². The Balaban J connectivity index is 1.18. The molecular weight excluding hydrogens is 807 g/mol. The van der Waals surface area contributed by atoms with Gasteiger partial charge in [0, 0.05) is 36.6 Å². The molecule has 11 nitrogen and oxygen atoms in total. The van der Waals surface area contributed by atoms with E-state index in [4.69, 9.17) is 40.0 Å². The number of halogens is 2. The number of pyridine rings is 1. The predicted molar refractivity (Wildman–Crippen MR) is 239 cm³/mol. The van der Waals surface area contributed by atoms with Crippen LogP contribution in [0.2, 0.25) is 18.1 Å². The first-order valence-electron chi connectivity index (χ1n) is 21.9. The fourth-order valence-electron chi connectivity index (χ4n) is 10.5. The summed E-state index contributed by atoms with van der Waals surface area (Å²) in [5, 5.41) is 1.35. The molecule has 4 saturated heterocycles. The van der Waals surface area contributed by atoms with E-state index in [2.05, 4.69) is 56.2 Å². The average molecular weight is 865 g/mol. The Kier molecular flexibility index (Phi) is 10.2. The third-order valence-electron chi connectivity index (χ3n) is 14.5. The van der Waals surface area contributed by atoms with Gasteiger partial charge in [0.2, 0.25) is 5.88 Å². The maximum absolute atomic E-state index is 17.7. The van der Waals surface area contributed by atoms with E-state index in [9.17, 15) is 4.79 Å². The summed E-state index contributed by atoms with van der Waals surface area (Å²) in [4.78, 5) is 35.1. The highest BCUT2D eigenvalue weighted by Crippen LogP contribution is 2.49. The van der Waals surface area contributed by atoms with E-state index in [-0.39, 0.29) is 64.4 Å². The fraction of sp³-hybridized carbons (Fsp3) is 0.542. The molecule has 1 amide bonds. The third-order valence-corrected chi connectivity index (χ3v) is 19.0. The van der Waals surface area contributed by atoms with E-state index >= 15 is 8.78 Å². The molecule has 0 aliphatic carbocycles. The Bertz CT molecular complexity index is 2550. The number of rotatable bonds is 7. The first-order valence-corrected chi connectivity index (χ1v) is 24.8. The van der Waals surface area contributed by atoms with E-state index < -0.39 is 43.2 Å². The highest BCUT2D eigenvalue weighted by Gasteiger charge is 2.56. The molecule has 4 fully saturated rings. The second-order valence-corrected chi connectivity index (χ2v) is 25.4. The lowest BCUT2D eigenvalue weighted by Gasteiger charge is -2.48. The van der Waals surface area contributed by atoms with Gasteiger partial charge in [-0.2, -0.15) is 9.97 Å². The smallest absolute Gasteiger partial charge is 0.410 e. The molecular formula is C48H58F2N6O5Si. The first kappa shape index (κ1) is 42.5. The van der Waals surface area contributed by atoms with Crippen molar-refractivity contribution in [3.8, 4) is 35.5 Å². The van der Waals surface area contributed by atoms with Crippen molar-refractivity contribution in [1.29, 1.82) is 0 Å². The maximum Gasteiger partial charge on any atom is 0.410 e. The second kappa shape index (κ2) is 14.9. The van der Waals surface area contributed by atoms with Crippen molar-refractivity contribution in [2.45, 2.75) is 128 Å². The molecule has 5 aliphatic heterocycles. The number of hydrogen-bond donors (Lipinski definition) is 0. The van der Waals surface area contributed by atoms with Crippen LogP contribution in [0.4, 0.5) is 19.4 Å². The van der Waals surface area contributed by atoms with Crippen LogP contribution in [-0.2, 0) is 9.16 Å². The van der Waals surface area contributed by atoms with Gasteiger partial charge in [-0.25, -0.2) is 18.6 Å². The lowest BCUT2D eigenvalue weighted by atomic mass is 9.83. The van der Waals surface area contributed by atoms with Crippen LogP contribution in [0.15, 0.2) is 42.5 Å². The number of benzene rings is 2. The lowest BCUT2D eigenvalue weighted by Crippen LogP contribution is -2.65. The SMILES string of the molecule is C#Cc1c(F)ccc2cccc(-c3nc4c5c(nc(OCC67CC(=C)CN6CCC7CO[Si](C)(C)C(C)(C)C)nc5c3F)N3C[C@H]5CC[C@@H]([C@H]3[C@H](C)O4)N5C(=O)OC(C)(C)C)c12. The number of anilines is 1. The van der Waals surface area contributed by atoms with Crippen molar-refractivity contribution >= 4 is 41.9 Å². The average Bonchev–Trinajstić information content (AvgIpc) is 3.78. The van der Waals surface area contributed by atoms with Gasteiger partial charge in [0.15, 0.2) is 14.1 Å². The zero-order valence-corrected chi connectivity index (χ0v) is 38.4. The Morgan fingerprint density at radius 1 is 1.06 bits per heavy atom. The molecule has 9 rings (SSSR count). The van der Waals surface area contributed by atoms with Gasteiger partial charge in [-0.1, -0.05) is 63.1 Å². The van der Waals surface area contributed by atoms with Crippen molar-refractivity contribution in [2.75, 3.05) is 37.7 Å². The molecule has 2 aromatic carbocycles. The number of fused-ring (bicyclic) bond motifs is 7. The number of amides is 1. The quantitative estimate of drug-likeness (QED) is 0.102. The van der Waals surface area contributed by atoms with Crippen molar-refractivity contribution in [3.63, 3.8) is 0 Å². The van der Waals surface area contributed by atoms with Crippen LogP contribution in [0.25, 0.3) is 32.9 Å². The Labute approximate surface area is 364 Å². The van der Waals surface area contributed by atoms with Crippen molar-refractivity contribution in [3.05, 3.63) is 59.7 Å². The summed E-state index contributed by atoms with van der Waals surface area (Å²) in [5.74, 6) is 1.87. The molecule has 2 unspecified atom stereocenters. The van der Waals surface area contributed by atoms with Gasteiger partial charge in [-0.15, -0.1) is 6.42 Å². The molecule has 0 N–H and O–H groups in total. The number of carbonyl (C=O) groups is 1. The molecule has 62 heavy (non-hydrogen) atoms. The molecule has 5 aliphatic rings. The zero-order valence-electron chi connectivity index (χ0n) is 37.4. The number of piperazine rings is 1. The second-order valence-electron chi connectivity index (χ2n) is 20.6. The molecule has 0 radical (unpaired) electrons. The van der Waals surface area contributed by atoms with Crippen LogP contribution in [0.3, 0.4) is 0 Å². The summed E-state index contributed by atoms with van der Waals surface area (Å²) >= 11 is 0. The van der Waals surface area contributed by atoms with Crippen LogP contribution in [0.1, 0.15) is 79.7 Å². The Morgan fingerprint density at radius 2 is 1.84 bits per heavy atom. The largest absolute Gasteiger partial charge is 0.472 e. The molecule has 2 aromatic heterocycles. The number of terminal acetylenes is 1. The summed E-state index contributed by atoms with van der Waals surface area (Å²) in [5.41, 5.74) is 0.228. The molecule has 7 heterocycles. The topological polar surface area (TPSA) is 102 Å². The van der Waals surface area contributed by atoms with Crippen molar-refractivity contribution < 1.29 is 32.2 Å². The van der Waals surface area contributed by atoms with Crippen LogP contribution in [-0.4, -0.2) is 107 Å². The molecule has 4 aromatic rings. The van der Waals surface area contributed by atoms with Gasteiger partial charge in [0.05, 0.1) is 29.2 Å². The predicted octanol–water partition coefficient (Wildman–Crippen LogP) is 9.26. The van der Waals surface area contributed by atoms with Crippen molar-refractivity contribution in [2.24, 2.45) is 5.92 Å². The minimum absolute atomic E-state index is 0.00736. The highest BCUT2D eigenvalue weighted by atomic mass is 28.4. The fourth-order valence-corrected chi connectivity index (χ4v) is 11.5. The van der Waals surface area contributed by atoms with Gasteiger partial charge >= 0.3 is 12.1 Å². The van der Waals surface area contributed by atoms with Crippen LogP contribution in [0.5, 0.6) is 11.9 Å². The normalized spacial score (nSPS) is 26.0. The van der Waals surface area contributed by atoms with Gasteiger partial charge in [0.1, 0.15) is 46.5 Å². The summed E-state index contributed by atoms with van der Waals surface area (Å²) in [7, 11) is -2.05. The van der Waals surface area contributed by atoms with E-state index in [1.54, 1.807) is 24.3 Å². The zero-order chi connectivity index (χ0) is 44.3. The summed E-state index contributed by atoms with van der Waals surface area (Å²) in [6, 6.07) is 7.32. The number of aromatic nitrogens is 3. The van der Waals surface area contributed by atoms with Gasteiger partial charge in [-0.3, -0.25) is 9.80 Å². The minimum Gasteiger partial charge on any atom is -0.472 e. The summed E-state index contributed by atoms with van der Waals surface area (Å²) < 4.78 is 59.3. The molecule has 6 atom stereocenters.